The summed E-state index contributed by atoms with van der Waals surface area (Å²) in [5.74, 6) is -1.28. The molecule has 1 heterocycles. The zero-order valence-corrected chi connectivity index (χ0v) is 8.82. The highest BCUT2D eigenvalue weighted by molar-refractivity contribution is 6.03. The summed E-state index contributed by atoms with van der Waals surface area (Å²) in [5, 5.41) is 8.99. The Hall–Kier alpha value is -2.31. The molecule has 0 amide bonds. The van der Waals surface area contributed by atoms with Gasteiger partial charge in [0, 0.05) is 11.6 Å². The molecule has 0 fully saturated rings. The molecule has 0 aliphatic carbocycles. The van der Waals surface area contributed by atoms with Gasteiger partial charge in [-0.2, -0.15) is 13.2 Å². The molecule has 4 nitrogen and oxygen atoms in total. The van der Waals surface area contributed by atoms with Crippen LogP contribution in [-0.2, 0) is 6.18 Å². The molecule has 0 atom stereocenters. The van der Waals surface area contributed by atoms with E-state index >= 15 is 0 Å². The highest BCUT2D eigenvalue weighted by Crippen LogP contribution is 2.32. The highest BCUT2D eigenvalue weighted by Gasteiger charge is 2.30. The topological polar surface area (TPSA) is 76.2 Å². The Kier molecular flexibility index (Phi) is 2.61. The number of carboxylic acids is 1. The van der Waals surface area contributed by atoms with Crippen molar-refractivity contribution in [3.8, 4) is 0 Å². The van der Waals surface area contributed by atoms with E-state index in [1.54, 1.807) is 0 Å². The fraction of sp³-hybridized carbons (Fsp3) is 0.0909. The molecule has 18 heavy (non-hydrogen) atoms. The second-order valence-corrected chi connectivity index (χ2v) is 3.62. The fourth-order valence-corrected chi connectivity index (χ4v) is 1.56. The molecule has 1 aromatic heterocycles. The second-order valence-electron chi connectivity index (χ2n) is 3.62. The van der Waals surface area contributed by atoms with Crippen molar-refractivity contribution in [2.24, 2.45) is 0 Å². The summed E-state index contributed by atoms with van der Waals surface area (Å²) in [5.41, 5.74) is 4.40. The van der Waals surface area contributed by atoms with Crippen LogP contribution in [0.15, 0.2) is 24.4 Å². The van der Waals surface area contributed by atoms with Gasteiger partial charge in [-0.3, -0.25) is 4.98 Å². The van der Waals surface area contributed by atoms with Crippen molar-refractivity contribution >= 4 is 22.6 Å². The van der Waals surface area contributed by atoms with Crippen molar-refractivity contribution in [1.29, 1.82) is 0 Å². The van der Waals surface area contributed by atoms with Crippen molar-refractivity contribution in [3.63, 3.8) is 0 Å². The van der Waals surface area contributed by atoms with E-state index in [0.717, 1.165) is 24.4 Å². The van der Waals surface area contributed by atoms with E-state index in [1.165, 1.54) is 0 Å². The number of nitrogens with zero attached hydrogens (tertiary/aromatic N) is 1. The standard InChI is InChI=1S/C11H7F3N2O2/c12-11(13,14)5-1-2-6-8(3-5)16-4-7(9(6)15)10(17)18/h1-4H,(H2,15,16)(H,17,18). The molecule has 0 saturated carbocycles. The molecule has 2 rings (SSSR count). The van der Waals surface area contributed by atoms with Gasteiger partial charge < -0.3 is 10.8 Å². The summed E-state index contributed by atoms with van der Waals surface area (Å²) in [7, 11) is 0. The number of aromatic nitrogens is 1. The molecular formula is C11H7F3N2O2. The van der Waals surface area contributed by atoms with Crippen LogP contribution in [0.4, 0.5) is 18.9 Å². The van der Waals surface area contributed by atoms with Crippen LogP contribution in [0.2, 0.25) is 0 Å². The molecule has 7 heteroatoms. The zero-order valence-electron chi connectivity index (χ0n) is 8.82. The number of nitrogen functional groups attached to an aromatic ring is 1. The van der Waals surface area contributed by atoms with Crippen LogP contribution >= 0.6 is 0 Å². The lowest BCUT2D eigenvalue weighted by Crippen LogP contribution is -2.07. The molecular weight excluding hydrogens is 249 g/mol. The van der Waals surface area contributed by atoms with Crippen molar-refractivity contribution in [1.82, 2.24) is 4.98 Å². The van der Waals surface area contributed by atoms with E-state index in [1.807, 2.05) is 0 Å². The van der Waals surface area contributed by atoms with E-state index < -0.39 is 17.7 Å². The summed E-state index contributed by atoms with van der Waals surface area (Å²) in [6.45, 7) is 0. The minimum atomic E-state index is -4.48. The largest absolute Gasteiger partial charge is 0.478 e. The third kappa shape index (κ3) is 1.94. The second kappa shape index (κ2) is 3.86. The lowest BCUT2D eigenvalue weighted by molar-refractivity contribution is -0.137. The van der Waals surface area contributed by atoms with Gasteiger partial charge in [-0.05, 0) is 12.1 Å². The van der Waals surface area contributed by atoms with Crippen molar-refractivity contribution < 1.29 is 23.1 Å². The van der Waals surface area contributed by atoms with E-state index in [0.29, 0.717) is 0 Å². The first-order valence-corrected chi connectivity index (χ1v) is 4.79. The fourth-order valence-electron chi connectivity index (χ4n) is 1.56. The molecule has 0 aliphatic heterocycles. The number of halogens is 3. The van der Waals surface area contributed by atoms with E-state index in [9.17, 15) is 18.0 Å². The van der Waals surface area contributed by atoms with Crippen LogP contribution in [0.3, 0.4) is 0 Å². The van der Waals surface area contributed by atoms with Gasteiger partial charge in [0.05, 0.1) is 16.8 Å². The van der Waals surface area contributed by atoms with Crippen LogP contribution < -0.4 is 5.73 Å². The van der Waals surface area contributed by atoms with Crippen LogP contribution in [0, 0.1) is 0 Å². The predicted octanol–water partition coefficient (Wildman–Crippen LogP) is 2.53. The normalized spacial score (nSPS) is 11.7. The molecule has 0 unspecified atom stereocenters. The van der Waals surface area contributed by atoms with E-state index in [2.05, 4.69) is 4.98 Å². The molecule has 0 saturated heterocycles. The number of aromatic carboxylic acids is 1. The number of pyridine rings is 1. The number of hydrogen-bond donors (Lipinski definition) is 2. The molecule has 0 aliphatic rings. The number of hydrogen-bond acceptors (Lipinski definition) is 3. The van der Waals surface area contributed by atoms with Gasteiger partial charge in [-0.1, -0.05) is 6.07 Å². The molecule has 0 radical (unpaired) electrons. The summed E-state index contributed by atoms with van der Waals surface area (Å²) in [6, 6.07) is 2.79. The lowest BCUT2D eigenvalue weighted by atomic mass is 10.1. The number of fused-ring (bicyclic) bond motifs is 1. The summed E-state index contributed by atoms with van der Waals surface area (Å²) in [6.07, 6.45) is -3.53. The molecule has 2 aromatic rings. The number of anilines is 1. The Labute approximate surface area is 98.9 Å². The van der Waals surface area contributed by atoms with Crippen LogP contribution in [0.5, 0.6) is 0 Å². The smallest absolute Gasteiger partial charge is 0.416 e. The first-order chi connectivity index (χ1) is 8.30. The molecule has 0 spiro atoms. The predicted molar refractivity (Wildman–Crippen MR) is 58.1 cm³/mol. The SMILES string of the molecule is Nc1c(C(=O)O)cnc2cc(C(F)(F)F)ccc12. The molecule has 1 aromatic carbocycles. The number of carbonyl (C=O) groups is 1. The zero-order chi connectivity index (χ0) is 13.5. The Bertz CT molecular complexity index is 638. The summed E-state index contributed by atoms with van der Waals surface area (Å²) < 4.78 is 37.4. The minimum absolute atomic E-state index is 0.00678. The maximum Gasteiger partial charge on any atom is 0.416 e. The van der Waals surface area contributed by atoms with Gasteiger partial charge in [0.2, 0.25) is 0 Å². The monoisotopic (exact) mass is 256 g/mol. The van der Waals surface area contributed by atoms with Crippen LogP contribution in [0.25, 0.3) is 10.9 Å². The van der Waals surface area contributed by atoms with Crippen LogP contribution in [0.1, 0.15) is 15.9 Å². The third-order valence-electron chi connectivity index (χ3n) is 2.47. The molecule has 0 bridgehead atoms. The summed E-state index contributed by atoms with van der Waals surface area (Å²) in [4.78, 5) is 14.5. The minimum Gasteiger partial charge on any atom is -0.478 e. The third-order valence-corrected chi connectivity index (χ3v) is 2.47. The van der Waals surface area contributed by atoms with Gasteiger partial charge in [-0.25, -0.2) is 4.79 Å². The Morgan fingerprint density at radius 3 is 2.56 bits per heavy atom. The van der Waals surface area contributed by atoms with Gasteiger partial charge in [-0.15, -0.1) is 0 Å². The quantitative estimate of drug-likeness (QED) is 0.822. The first kappa shape index (κ1) is 12.2. The maximum atomic E-state index is 12.5. The van der Waals surface area contributed by atoms with Gasteiger partial charge in [0.25, 0.3) is 0 Å². The average molecular weight is 256 g/mol. The van der Waals surface area contributed by atoms with Crippen LogP contribution in [-0.4, -0.2) is 16.1 Å². The van der Waals surface area contributed by atoms with Crippen molar-refractivity contribution in [2.75, 3.05) is 5.73 Å². The number of rotatable bonds is 1. The maximum absolute atomic E-state index is 12.5. The highest BCUT2D eigenvalue weighted by atomic mass is 19.4. The van der Waals surface area contributed by atoms with Crippen molar-refractivity contribution in [2.45, 2.75) is 6.18 Å². The molecule has 3 N–H and O–H groups in total. The van der Waals surface area contributed by atoms with Gasteiger partial charge in [0.15, 0.2) is 0 Å². The number of nitrogens with two attached hydrogens (primary N) is 1. The number of alkyl halides is 3. The van der Waals surface area contributed by atoms with E-state index in [-0.39, 0.29) is 22.2 Å². The average Bonchev–Trinajstić information content (AvgIpc) is 2.27. The van der Waals surface area contributed by atoms with Gasteiger partial charge >= 0.3 is 12.1 Å². The number of carboxylic acid groups (broad SMARTS) is 1. The number of benzene rings is 1. The molecule has 94 valence electrons. The van der Waals surface area contributed by atoms with Crippen molar-refractivity contribution in [3.05, 3.63) is 35.5 Å². The van der Waals surface area contributed by atoms with E-state index in [4.69, 9.17) is 10.8 Å². The first-order valence-electron chi connectivity index (χ1n) is 4.79. The van der Waals surface area contributed by atoms with Gasteiger partial charge in [0.1, 0.15) is 5.56 Å². The lowest BCUT2D eigenvalue weighted by Gasteiger charge is -2.09. The Morgan fingerprint density at radius 1 is 1.33 bits per heavy atom. The Morgan fingerprint density at radius 2 is 2.00 bits per heavy atom. The summed E-state index contributed by atoms with van der Waals surface area (Å²) >= 11 is 0. The Balaban J connectivity index is 2.69.